The Kier molecular flexibility index (Phi) is 4.35. The number of aliphatic hydroxyl groups is 1. The summed E-state index contributed by atoms with van der Waals surface area (Å²) in [4.78, 5) is 17.2. The zero-order chi connectivity index (χ0) is 16.2. The summed E-state index contributed by atoms with van der Waals surface area (Å²) in [6, 6.07) is 17.3. The Hall–Kier alpha value is -2.72. The Morgan fingerprint density at radius 2 is 1.78 bits per heavy atom. The molecule has 1 N–H and O–H groups in total. The molecule has 4 heteroatoms. The molecule has 23 heavy (non-hydrogen) atoms. The molecule has 0 saturated carbocycles. The average molecular weight is 307 g/mol. The number of carbonyl (C=O) groups is 1. The fourth-order valence-corrected chi connectivity index (χ4v) is 2.66. The highest BCUT2D eigenvalue weighted by atomic mass is 16.5. The van der Waals surface area contributed by atoms with Crippen LogP contribution in [0.3, 0.4) is 0 Å². The van der Waals surface area contributed by atoms with Gasteiger partial charge in [-0.1, -0.05) is 48.5 Å². The molecule has 0 aliphatic heterocycles. The molecule has 0 aliphatic rings. The lowest BCUT2D eigenvalue weighted by atomic mass is 9.98. The number of carbonyl (C=O) groups excluding carboxylic acids is 1. The van der Waals surface area contributed by atoms with E-state index in [1.165, 1.54) is 0 Å². The minimum atomic E-state index is -0.438. The molecule has 0 aliphatic carbocycles. The van der Waals surface area contributed by atoms with Crippen LogP contribution in [0, 0.1) is 6.92 Å². The van der Waals surface area contributed by atoms with Gasteiger partial charge in [0.05, 0.1) is 23.4 Å². The lowest BCUT2D eigenvalue weighted by Gasteiger charge is -2.14. The van der Waals surface area contributed by atoms with E-state index in [0.717, 1.165) is 27.7 Å². The lowest BCUT2D eigenvalue weighted by molar-refractivity contribution is 0.0435. The SMILES string of the molecule is Cc1c(-c2ccccc2)nc2ccccc2c1C(=O)OCCO. The van der Waals surface area contributed by atoms with Gasteiger partial charge in [-0.2, -0.15) is 0 Å². The Morgan fingerprint density at radius 1 is 1.09 bits per heavy atom. The maximum atomic E-state index is 12.5. The van der Waals surface area contributed by atoms with Crippen molar-refractivity contribution in [3.05, 3.63) is 65.7 Å². The second kappa shape index (κ2) is 6.58. The van der Waals surface area contributed by atoms with Crippen LogP contribution < -0.4 is 0 Å². The van der Waals surface area contributed by atoms with Gasteiger partial charge >= 0.3 is 5.97 Å². The standard InChI is InChI=1S/C19H17NO3/c1-13-17(19(22)23-12-11-21)15-9-5-6-10-16(15)20-18(13)14-7-3-2-4-8-14/h2-10,21H,11-12H2,1H3. The largest absolute Gasteiger partial charge is 0.460 e. The third-order valence-electron chi connectivity index (χ3n) is 3.71. The number of pyridine rings is 1. The molecule has 1 aromatic heterocycles. The fraction of sp³-hybridized carbons (Fsp3) is 0.158. The summed E-state index contributed by atoms with van der Waals surface area (Å²) in [6.07, 6.45) is 0. The smallest absolute Gasteiger partial charge is 0.339 e. The Balaban J connectivity index is 2.24. The molecular weight excluding hydrogens is 290 g/mol. The maximum Gasteiger partial charge on any atom is 0.339 e. The summed E-state index contributed by atoms with van der Waals surface area (Å²) in [7, 11) is 0. The van der Waals surface area contributed by atoms with Crippen LogP contribution in [0.15, 0.2) is 54.6 Å². The minimum Gasteiger partial charge on any atom is -0.460 e. The first-order valence-electron chi connectivity index (χ1n) is 7.45. The number of fused-ring (bicyclic) bond motifs is 1. The normalized spacial score (nSPS) is 10.7. The van der Waals surface area contributed by atoms with Crippen LogP contribution in [0.5, 0.6) is 0 Å². The van der Waals surface area contributed by atoms with Crippen molar-refractivity contribution < 1.29 is 14.6 Å². The first-order valence-corrected chi connectivity index (χ1v) is 7.45. The third-order valence-corrected chi connectivity index (χ3v) is 3.71. The molecule has 0 amide bonds. The van der Waals surface area contributed by atoms with Gasteiger partial charge in [0.15, 0.2) is 0 Å². The number of rotatable bonds is 4. The molecule has 0 fully saturated rings. The van der Waals surface area contributed by atoms with Gasteiger partial charge in [0.25, 0.3) is 0 Å². The Morgan fingerprint density at radius 3 is 2.52 bits per heavy atom. The van der Waals surface area contributed by atoms with Crippen LogP contribution >= 0.6 is 0 Å². The number of hydrogen-bond acceptors (Lipinski definition) is 4. The summed E-state index contributed by atoms with van der Waals surface area (Å²) >= 11 is 0. The maximum absolute atomic E-state index is 12.5. The van der Waals surface area contributed by atoms with Crippen molar-refractivity contribution in [1.29, 1.82) is 0 Å². The number of esters is 1. The quantitative estimate of drug-likeness (QED) is 0.751. The van der Waals surface area contributed by atoms with Crippen molar-refractivity contribution >= 4 is 16.9 Å². The molecule has 0 atom stereocenters. The van der Waals surface area contributed by atoms with E-state index in [2.05, 4.69) is 0 Å². The van der Waals surface area contributed by atoms with Gasteiger partial charge in [0, 0.05) is 10.9 Å². The average Bonchev–Trinajstić information content (AvgIpc) is 2.60. The summed E-state index contributed by atoms with van der Waals surface area (Å²) in [6.45, 7) is 1.66. The number of aliphatic hydroxyl groups excluding tert-OH is 1. The first-order chi connectivity index (χ1) is 11.2. The van der Waals surface area contributed by atoms with Crippen LogP contribution in [0.2, 0.25) is 0 Å². The third kappa shape index (κ3) is 2.94. The number of aromatic nitrogens is 1. The fourth-order valence-electron chi connectivity index (χ4n) is 2.66. The van der Waals surface area contributed by atoms with Gasteiger partial charge < -0.3 is 9.84 Å². The second-order valence-electron chi connectivity index (χ2n) is 5.20. The zero-order valence-electron chi connectivity index (χ0n) is 12.8. The van der Waals surface area contributed by atoms with Crippen molar-refractivity contribution in [2.75, 3.05) is 13.2 Å². The Labute approximate surface area is 134 Å². The lowest BCUT2D eigenvalue weighted by Crippen LogP contribution is -2.12. The molecule has 116 valence electrons. The van der Waals surface area contributed by atoms with E-state index in [4.69, 9.17) is 14.8 Å². The molecule has 0 saturated heterocycles. The molecular formula is C19H17NO3. The van der Waals surface area contributed by atoms with Crippen molar-refractivity contribution in [3.8, 4) is 11.3 Å². The van der Waals surface area contributed by atoms with E-state index in [-0.39, 0.29) is 13.2 Å². The zero-order valence-corrected chi connectivity index (χ0v) is 12.8. The summed E-state index contributed by atoms with van der Waals surface area (Å²) in [5.41, 5.74) is 3.74. The van der Waals surface area contributed by atoms with E-state index in [9.17, 15) is 4.79 Å². The summed E-state index contributed by atoms with van der Waals surface area (Å²) in [5, 5.41) is 9.64. The van der Waals surface area contributed by atoms with Gasteiger partial charge in [-0.3, -0.25) is 0 Å². The van der Waals surface area contributed by atoms with Gasteiger partial charge in [-0.25, -0.2) is 9.78 Å². The second-order valence-corrected chi connectivity index (χ2v) is 5.20. The molecule has 3 rings (SSSR count). The van der Waals surface area contributed by atoms with E-state index in [0.29, 0.717) is 5.56 Å². The highest BCUT2D eigenvalue weighted by Gasteiger charge is 2.19. The highest BCUT2D eigenvalue weighted by molar-refractivity contribution is 6.06. The van der Waals surface area contributed by atoms with Crippen LogP contribution in [-0.4, -0.2) is 29.3 Å². The highest BCUT2D eigenvalue weighted by Crippen LogP contribution is 2.29. The molecule has 4 nitrogen and oxygen atoms in total. The number of nitrogens with zero attached hydrogens (tertiary/aromatic N) is 1. The monoisotopic (exact) mass is 307 g/mol. The minimum absolute atomic E-state index is 0.0183. The van der Waals surface area contributed by atoms with Crippen molar-refractivity contribution in [2.24, 2.45) is 0 Å². The van der Waals surface area contributed by atoms with E-state index in [1.807, 2.05) is 61.5 Å². The Bertz CT molecular complexity index is 844. The van der Waals surface area contributed by atoms with Gasteiger partial charge in [0.1, 0.15) is 6.61 Å². The van der Waals surface area contributed by atoms with Crippen LogP contribution in [0.4, 0.5) is 0 Å². The predicted molar refractivity (Wildman–Crippen MR) is 89.3 cm³/mol. The number of para-hydroxylation sites is 1. The van der Waals surface area contributed by atoms with Gasteiger partial charge in [-0.15, -0.1) is 0 Å². The molecule has 0 radical (unpaired) electrons. The molecule has 0 spiro atoms. The van der Waals surface area contributed by atoms with E-state index < -0.39 is 5.97 Å². The summed E-state index contributed by atoms with van der Waals surface area (Å²) in [5.74, 6) is -0.438. The van der Waals surface area contributed by atoms with Crippen LogP contribution in [0.25, 0.3) is 22.2 Å². The topological polar surface area (TPSA) is 59.4 Å². The number of benzene rings is 2. The number of hydrogen-bond donors (Lipinski definition) is 1. The number of ether oxygens (including phenoxy) is 1. The van der Waals surface area contributed by atoms with Crippen molar-refractivity contribution in [2.45, 2.75) is 6.92 Å². The van der Waals surface area contributed by atoms with Gasteiger partial charge in [-0.05, 0) is 18.6 Å². The first kappa shape index (κ1) is 15.2. The predicted octanol–water partition coefficient (Wildman–Crippen LogP) is 3.36. The molecule has 0 unspecified atom stereocenters. The molecule has 0 bridgehead atoms. The van der Waals surface area contributed by atoms with E-state index >= 15 is 0 Å². The van der Waals surface area contributed by atoms with E-state index in [1.54, 1.807) is 0 Å². The van der Waals surface area contributed by atoms with Crippen LogP contribution in [-0.2, 0) is 4.74 Å². The molecule has 3 aromatic rings. The van der Waals surface area contributed by atoms with Crippen molar-refractivity contribution in [3.63, 3.8) is 0 Å². The molecule has 1 heterocycles. The van der Waals surface area contributed by atoms with Crippen LogP contribution in [0.1, 0.15) is 15.9 Å². The molecule has 2 aromatic carbocycles. The van der Waals surface area contributed by atoms with Crippen molar-refractivity contribution in [1.82, 2.24) is 4.98 Å². The summed E-state index contributed by atoms with van der Waals surface area (Å²) < 4.78 is 5.14. The van der Waals surface area contributed by atoms with Gasteiger partial charge in [0.2, 0.25) is 0 Å².